The lowest BCUT2D eigenvalue weighted by Crippen LogP contribution is -2.42. The van der Waals surface area contributed by atoms with E-state index in [-0.39, 0.29) is 29.3 Å². The molecule has 20 heavy (non-hydrogen) atoms. The molecule has 1 aromatic rings. The van der Waals surface area contributed by atoms with Crippen LogP contribution in [0.25, 0.3) is 0 Å². The Morgan fingerprint density at radius 2 is 1.80 bits per heavy atom. The van der Waals surface area contributed by atoms with Crippen LogP contribution >= 0.6 is 0 Å². The number of carbonyl (C=O) groups excluding carboxylic acids is 1. The molecule has 0 aliphatic rings. The normalized spacial score (nSPS) is 12.2. The molecule has 0 bridgehead atoms. The summed E-state index contributed by atoms with van der Waals surface area (Å²) >= 11 is 0. The summed E-state index contributed by atoms with van der Waals surface area (Å²) in [6.07, 6.45) is 0.113. The number of hydrogen-bond acceptors (Lipinski definition) is 3. The van der Waals surface area contributed by atoms with Gasteiger partial charge in [-0.2, -0.15) is 0 Å². The minimum absolute atomic E-state index is 0.0819. The van der Waals surface area contributed by atoms with Crippen molar-refractivity contribution in [1.82, 2.24) is 10.0 Å². The smallest absolute Gasteiger partial charge is 0.240 e. The van der Waals surface area contributed by atoms with Crippen molar-refractivity contribution in [3.8, 4) is 0 Å². The van der Waals surface area contributed by atoms with Gasteiger partial charge in [0.1, 0.15) is 0 Å². The van der Waals surface area contributed by atoms with Gasteiger partial charge in [0.25, 0.3) is 0 Å². The number of nitrogens with one attached hydrogen (secondary N) is 2. The molecular formula is C14H22N2O3S. The minimum atomic E-state index is -3.56. The van der Waals surface area contributed by atoms with Gasteiger partial charge in [-0.25, -0.2) is 13.1 Å². The molecule has 1 rings (SSSR count). The van der Waals surface area contributed by atoms with Crippen molar-refractivity contribution in [2.45, 2.75) is 44.6 Å². The zero-order valence-electron chi connectivity index (χ0n) is 12.4. The van der Waals surface area contributed by atoms with Crippen LogP contribution < -0.4 is 10.0 Å². The van der Waals surface area contributed by atoms with Gasteiger partial charge >= 0.3 is 0 Å². The molecule has 1 aromatic carbocycles. The Bertz CT molecular complexity index is 574. The average Bonchev–Trinajstić information content (AvgIpc) is 2.26. The summed E-state index contributed by atoms with van der Waals surface area (Å²) in [6, 6.07) is 6.74. The van der Waals surface area contributed by atoms with E-state index in [1.54, 1.807) is 31.2 Å². The molecule has 0 fully saturated rings. The third-order valence-corrected chi connectivity index (χ3v) is 4.16. The first kappa shape index (κ1) is 16.7. The van der Waals surface area contributed by atoms with E-state index in [9.17, 15) is 13.2 Å². The van der Waals surface area contributed by atoms with Gasteiger partial charge in [0, 0.05) is 18.5 Å². The summed E-state index contributed by atoms with van der Waals surface area (Å²) in [4.78, 5) is 11.8. The van der Waals surface area contributed by atoms with Gasteiger partial charge in [-0.15, -0.1) is 0 Å². The molecule has 2 N–H and O–H groups in total. The Kier molecular flexibility index (Phi) is 5.30. The number of sulfonamides is 1. The summed E-state index contributed by atoms with van der Waals surface area (Å²) in [7, 11) is -3.56. The fraction of sp³-hybridized carbons (Fsp3) is 0.500. The van der Waals surface area contributed by atoms with Gasteiger partial charge in [0.05, 0.1) is 4.90 Å². The maximum atomic E-state index is 12.1. The highest BCUT2D eigenvalue weighted by molar-refractivity contribution is 7.89. The van der Waals surface area contributed by atoms with E-state index in [1.165, 1.54) is 0 Å². The van der Waals surface area contributed by atoms with Crippen LogP contribution in [-0.2, 0) is 14.8 Å². The number of benzene rings is 1. The Morgan fingerprint density at radius 1 is 1.20 bits per heavy atom. The molecule has 6 heteroatoms. The third-order valence-electron chi connectivity index (χ3n) is 2.54. The third kappa shape index (κ3) is 5.30. The van der Waals surface area contributed by atoms with Crippen molar-refractivity contribution in [2.75, 3.05) is 6.54 Å². The number of rotatable bonds is 5. The fourth-order valence-corrected chi connectivity index (χ4v) is 2.99. The highest BCUT2D eigenvalue weighted by atomic mass is 32.2. The number of amides is 1. The monoisotopic (exact) mass is 298 g/mol. The second-order valence-electron chi connectivity index (χ2n) is 5.71. The highest BCUT2D eigenvalue weighted by Crippen LogP contribution is 2.13. The van der Waals surface area contributed by atoms with Gasteiger partial charge in [0.15, 0.2) is 0 Å². The molecule has 0 saturated carbocycles. The van der Waals surface area contributed by atoms with Crippen molar-refractivity contribution >= 4 is 15.9 Å². The van der Waals surface area contributed by atoms with Crippen LogP contribution in [0.3, 0.4) is 0 Å². The van der Waals surface area contributed by atoms with Gasteiger partial charge in [-0.1, -0.05) is 18.2 Å². The molecule has 0 aliphatic heterocycles. The largest absolute Gasteiger partial charge is 0.351 e. The summed E-state index contributed by atoms with van der Waals surface area (Å²) in [5.74, 6) is -0.176. The quantitative estimate of drug-likeness (QED) is 0.866. The van der Waals surface area contributed by atoms with Crippen LogP contribution in [0.2, 0.25) is 0 Å². The van der Waals surface area contributed by atoms with E-state index in [4.69, 9.17) is 0 Å². The Hall–Kier alpha value is -1.40. The molecule has 0 atom stereocenters. The van der Waals surface area contributed by atoms with Crippen LogP contribution in [0.4, 0.5) is 0 Å². The molecule has 0 spiro atoms. The molecular weight excluding hydrogens is 276 g/mol. The lowest BCUT2D eigenvalue weighted by Gasteiger charge is -2.20. The predicted octanol–water partition coefficient (Wildman–Crippen LogP) is 1.58. The maximum absolute atomic E-state index is 12.1. The summed E-state index contributed by atoms with van der Waals surface area (Å²) in [6.45, 7) is 7.45. The average molecular weight is 298 g/mol. The van der Waals surface area contributed by atoms with E-state index in [0.717, 1.165) is 0 Å². The zero-order valence-corrected chi connectivity index (χ0v) is 13.2. The molecule has 0 saturated heterocycles. The van der Waals surface area contributed by atoms with Gasteiger partial charge in [-0.05, 0) is 39.3 Å². The van der Waals surface area contributed by atoms with E-state index >= 15 is 0 Å². The topological polar surface area (TPSA) is 75.3 Å². The SMILES string of the molecule is Cc1ccccc1S(=O)(=O)NCCC(=O)NC(C)(C)C. The standard InChI is InChI=1S/C14H22N2O3S/c1-11-7-5-6-8-12(11)20(18,19)15-10-9-13(17)16-14(2,3)4/h5-8,15H,9-10H2,1-4H3,(H,16,17). The first-order valence-electron chi connectivity index (χ1n) is 6.48. The van der Waals surface area contributed by atoms with Gasteiger partial charge < -0.3 is 5.32 Å². The molecule has 5 nitrogen and oxygen atoms in total. The van der Waals surface area contributed by atoms with Crippen LogP contribution in [0, 0.1) is 6.92 Å². The molecule has 0 aliphatic carbocycles. The molecule has 0 unspecified atom stereocenters. The summed E-state index contributed by atoms with van der Waals surface area (Å²) in [5, 5.41) is 2.78. The molecule has 0 heterocycles. The Morgan fingerprint density at radius 3 is 2.35 bits per heavy atom. The fourth-order valence-electron chi connectivity index (χ4n) is 1.72. The Labute approximate surface area is 120 Å². The van der Waals surface area contributed by atoms with Crippen LogP contribution in [0.1, 0.15) is 32.8 Å². The van der Waals surface area contributed by atoms with Gasteiger partial charge in [-0.3, -0.25) is 4.79 Å². The number of carbonyl (C=O) groups is 1. The number of aryl methyl sites for hydroxylation is 1. The first-order chi connectivity index (χ1) is 9.12. The van der Waals surface area contributed by atoms with Crippen molar-refractivity contribution in [3.05, 3.63) is 29.8 Å². The van der Waals surface area contributed by atoms with Crippen molar-refractivity contribution in [2.24, 2.45) is 0 Å². The first-order valence-corrected chi connectivity index (χ1v) is 7.96. The van der Waals surface area contributed by atoms with E-state index < -0.39 is 10.0 Å². The molecule has 0 radical (unpaired) electrons. The van der Waals surface area contributed by atoms with Crippen LogP contribution in [-0.4, -0.2) is 26.4 Å². The van der Waals surface area contributed by atoms with E-state index in [0.29, 0.717) is 5.56 Å². The Balaban J connectivity index is 2.58. The second kappa shape index (κ2) is 6.37. The van der Waals surface area contributed by atoms with Crippen LogP contribution in [0.15, 0.2) is 29.2 Å². The number of hydrogen-bond donors (Lipinski definition) is 2. The maximum Gasteiger partial charge on any atom is 0.240 e. The lowest BCUT2D eigenvalue weighted by molar-refractivity contribution is -0.122. The summed E-state index contributed by atoms with van der Waals surface area (Å²) in [5.41, 5.74) is 0.366. The highest BCUT2D eigenvalue weighted by Gasteiger charge is 2.17. The van der Waals surface area contributed by atoms with Crippen LogP contribution in [0.5, 0.6) is 0 Å². The molecule has 0 aromatic heterocycles. The molecule has 112 valence electrons. The summed E-state index contributed by atoms with van der Waals surface area (Å²) < 4.78 is 26.6. The lowest BCUT2D eigenvalue weighted by atomic mass is 10.1. The second-order valence-corrected chi connectivity index (χ2v) is 7.45. The predicted molar refractivity (Wildman–Crippen MR) is 78.9 cm³/mol. The van der Waals surface area contributed by atoms with Gasteiger partial charge in [0.2, 0.25) is 15.9 Å². The van der Waals surface area contributed by atoms with Crippen molar-refractivity contribution < 1.29 is 13.2 Å². The van der Waals surface area contributed by atoms with Crippen molar-refractivity contribution in [1.29, 1.82) is 0 Å². The van der Waals surface area contributed by atoms with E-state index in [2.05, 4.69) is 10.0 Å². The minimum Gasteiger partial charge on any atom is -0.351 e. The zero-order chi connectivity index (χ0) is 15.4. The van der Waals surface area contributed by atoms with Crippen molar-refractivity contribution in [3.63, 3.8) is 0 Å². The van der Waals surface area contributed by atoms with E-state index in [1.807, 2.05) is 20.8 Å². The molecule has 1 amide bonds.